The van der Waals surface area contributed by atoms with Gasteiger partial charge in [0.1, 0.15) is 6.04 Å². The zero-order valence-corrected chi connectivity index (χ0v) is 25.1. The van der Waals surface area contributed by atoms with E-state index < -0.39 is 41.6 Å². The standard InChI is InChI=1S/C31H31N7O8/c1-36(44-2)13-14-37(27(22-7-4-12-32-35-22)29(41)33-18-8-10-24-25(15-18)46-17-45-24)30(42)19-5-3-6-20-21(19)16-38(31(20)43)23-9-11-26(39)34-28(23)40/h3-8,10,12,15,23,27H,9,11,13-14,16-17H2,1-2H3,(H,33,41)(H,34,39,40). The van der Waals surface area contributed by atoms with Gasteiger partial charge in [-0.25, -0.2) is 0 Å². The van der Waals surface area contributed by atoms with Crippen LogP contribution in [0.2, 0.25) is 0 Å². The number of hydrogen-bond acceptors (Lipinski definition) is 11. The summed E-state index contributed by atoms with van der Waals surface area (Å²) in [5, 5.41) is 14.8. The zero-order chi connectivity index (χ0) is 32.4. The lowest BCUT2D eigenvalue weighted by atomic mass is 10.0. The van der Waals surface area contributed by atoms with Gasteiger partial charge in [0, 0.05) is 62.2 Å². The molecule has 3 aliphatic rings. The summed E-state index contributed by atoms with van der Waals surface area (Å²) in [6.45, 7) is 0.280. The van der Waals surface area contributed by atoms with E-state index in [0.717, 1.165) is 0 Å². The van der Waals surface area contributed by atoms with Crippen LogP contribution in [-0.2, 0) is 25.8 Å². The fourth-order valence-corrected chi connectivity index (χ4v) is 5.71. The predicted octanol–water partition coefficient (Wildman–Crippen LogP) is 1.28. The van der Waals surface area contributed by atoms with Gasteiger partial charge in [-0.3, -0.25) is 29.3 Å². The number of rotatable bonds is 10. The minimum atomic E-state index is -1.25. The molecule has 3 aliphatic heterocycles. The number of benzene rings is 2. The molecular formula is C31H31N7O8. The van der Waals surface area contributed by atoms with Crippen molar-refractivity contribution in [2.45, 2.75) is 31.5 Å². The van der Waals surface area contributed by atoms with Gasteiger partial charge in [-0.2, -0.15) is 15.3 Å². The largest absolute Gasteiger partial charge is 0.454 e. The lowest BCUT2D eigenvalue weighted by Gasteiger charge is -2.32. The fourth-order valence-electron chi connectivity index (χ4n) is 5.71. The highest BCUT2D eigenvalue weighted by atomic mass is 16.7. The van der Waals surface area contributed by atoms with Gasteiger partial charge in [0.25, 0.3) is 17.7 Å². The van der Waals surface area contributed by atoms with Crippen molar-refractivity contribution in [3.8, 4) is 11.5 Å². The second-order valence-corrected chi connectivity index (χ2v) is 10.9. The average Bonchev–Trinajstić information content (AvgIpc) is 3.66. The molecule has 1 fully saturated rings. The highest BCUT2D eigenvalue weighted by molar-refractivity contribution is 6.08. The SMILES string of the molecule is CON(C)CCN(C(=O)c1cccc2c1CN(C1CCC(=O)NC1=O)C2=O)C(C(=O)Nc1ccc2c(c1)OCO2)c1cccnn1. The van der Waals surface area contributed by atoms with Crippen LogP contribution in [0.25, 0.3) is 0 Å². The Morgan fingerprint density at radius 1 is 1.11 bits per heavy atom. The molecule has 2 aromatic carbocycles. The third-order valence-electron chi connectivity index (χ3n) is 8.11. The van der Waals surface area contributed by atoms with E-state index in [9.17, 15) is 24.0 Å². The van der Waals surface area contributed by atoms with Gasteiger partial charge < -0.3 is 29.4 Å². The van der Waals surface area contributed by atoms with Gasteiger partial charge in [-0.1, -0.05) is 6.07 Å². The van der Waals surface area contributed by atoms with Gasteiger partial charge in [0.05, 0.1) is 12.8 Å². The highest BCUT2D eigenvalue weighted by Gasteiger charge is 2.42. The number of carbonyl (C=O) groups excluding carboxylic acids is 5. The van der Waals surface area contributed by atoms with Crippen LogP contribution < -0.4 is 20.1 Å². The number of hydroxylamine groups is 2. The van der Waals surface area contributed by atoms with Crippen LogP contribution in [0, 0.1) is 0 Å². The Bertz CT molecular complexity index is 1700. The molecule has 4 heterocycles. The number of nitrogens with one attached hydrogen (secondary N) is 2. The molecule has 0 radical (unpaired) electrons. The molecule has 1 saturated heterocycles. The molecule has 3 aromatic rings. The van der Waals surface area contributed by atoms with Gasteiger partial charge in [-0.15, -0.1) is 0 Å². The van der Waals surface area contributed by atoms with Crippen LogP contribution in [0.15, 0.2) is 54.7 Å². The van der Waals surface area contributed by atoms with Crippen molar-refractivity contribution < 1.29 is 38.3 Å². The van der Waals surface area contributed by atoms with Crippen LogP contribution in [-0.4, -0.2) is 94.7 Å². The number of hydrogen-bond donors (Lipinski definition) is 2. The number of carbonyl (C=O) groups is 5. The van der Waals surface area contributed by atoms with Crippen LogP contribution >= 0.6 is 0 Å². The first-order valence-electron chi connectivity index (χ1n) is 14.6. The Labute approximate surface area is 263 Å². The lowest BCUT2D eigenvalue weighted by Crippen LogP contribution is -2.52. The molecule has 2 unspecified atom stereocenters. The number of imide groups is 1. The molecule has 2 N–H and O–H groups in total. The third kappa shape index (κ3) is 5.97. The first-order chi connectivity index (χ1) is 22.2. The minimum absolute atomic E-state index is 0.0205. The van der Waals surface area contributed by atoms with Crippen molar-refractivity contribution in [3.05, 3.63) is 77.1 Å². The summed E-state index contributed by atoms with van der Waals surface area (Å²) in [6.07, 6.45) is 1.74. The maximum Gasteiger partial charge on any atom is 0.255 e. The summed E-state index contributed by atoms with van der Waals surface area (Å²) in [5.74, 6) is -1.48. The summed E-state index contributed by atoms with van der Waals surface area (Å²) >= 11 is 0. The molecule has 0 bridgehead atoms. The number of aromatic nitrogens is 2. The third-order valence-corrected chi connectivity index (χ3v) is 8.11. The van der Waals surface area contributed by atoms with E-state index in [1.54, 1.807) is 55.6 Å². The van der Waals surface area contributed by atoms with E-state index in [2.05, 4.69) is 20.8 Å². The van der Waals surface area contributed by atoms with Crippen LogP contribution in [0.5, 0.6) is 11.5 Å². The van der Waals surface area contributed by atoms with E-state index in [1.807, 2.05) is 0 Å². The summed E-state index contributed by atoms with van der Waals surface area (Å²) < 4.78 is 10.8. The van der Waals surface area contributed by atoms with Crippen molar-refractivity contribution in [1.29, 1.82) is 0 Å². The van der Waals surface area contributed by atoms with Gasteiger partial charge in [-0.05, 0) is 48.4 Å². The van der Waals surface area contributed by atoms with Gasteiger partial charge >= 0.3 is 0 Å². The molecule has 1 aromatic heterocycles. The van der Waals surface area contributed by atoms with Crippen molar-refractivity contribution in [1.82, 2.24) is 30.4 Å². The molecule has 2 atom stereocenters. The first kappa shape index (κ1) is 30.6. The Balaban J connectivity index is 1.35. The average molecular weight is 630 g/mol. The minimum Gasteiger partial charge on any atom is -0.454 e. The molecule has 0 aliphatic carbocycles. The maximum atomic E-state index is 14.6. The Morgan fingerprint density at radius 3 is 2.70 bits per heavy atom. The van der Waals surface area contributed by atoms with Crippen LogP contribution in [0.3, 0.4) is 0 Å². The quantitative estimate of drug-likeness (QED) is 0.244. The van der Waals surface area contributed by atoms with E-state index >= 15 is 0 Å². The Morgan fingerprint density at radius 2 is 1.93 bits per heavy atom. The van der Waals surface area contributed by atoms with E-state index in [-0.39, 0.29) is 56.1 Å². The number of anilines is 1. The second-order valence-electron chi connectivity index (χ2n) is 10.9. The van der Waals surface area contributed by atoms with Gasteiger partial charge in [0.15, 0.2) is 17.5 Å². The normalized spacial score (nSPS) is 17.5. The molecule has 15 heteroatoms. The number of likely N-dealkylation sites (N-methyl/N-ethyl adjacent to an activating group) is 1. The van der Waals surface area contributed by atoms with Crippen molar-refractivity contribution in [2.75, 3.05) is 39.4 Å². The number of amides is 5. The molecule has 46 heavy (non-hydrogen) atoms. The van der Waals surface area contributed by atoms with Crippen LogP contribution in [0.4, 0.5) is 5.69 Å². The summed E-state index contributed by atoms with van der Waals surface area (Å²) in [4.78, 5) is 74.5. The zero-order valence-electron chi connectivity index (χ0n) is 25.1. The maximum absolute atomic E-state index is 14.6. The molecule has 5 amide bonds. The van der Waals surface area contributed by atoms with E-state index in [0.29, 0.717) is 22.7 Å². The number of ether oxygens (including phenoxy) is 2. The highest BCUT2D eigenvalue weighted by Crippen LogP contribution is 2.35. The molecular weight excluding hydrogens is 598 g/mol. The number of piperidine rings is 1. The number of fused-ring (bicyclic) bond motifs is 2. The monoisotopic (exact) mass is 629 g/mol. The van der Waals surface area contributed by atoms with Crippen molar-refractivity contribution in [2.24, 2.45) is 0 Å². The molecule has 0 spiro atoms. The summed E-state index contributed by atoms with van der Waals surface area (Å²) in [5.41, 5.74) is 1.50. The predicted molar refractivity (Wildman–Crippen MR) is 159 cm³/mol. The smallest absolute Gasteiger partial charge is 0.255 e. The molecule has 6 rings (SSSR count). The lowest BCUT2D eigenvalue weighted by molar-refractivity contribution is -0.137. The fraction of sp³-hybridized carbons (Fsp3) is 0.323. The molecule has 0 saturated carbocycles. The van der Waals surface area contributed by atoms with E-state index in [1.165, 1.54) is 28.2 Å². The summed E-state index contributed by atoms with van der Waals surface area (Å²) in [6, 6.07) is 10.8. The topological polar surface area (TPSA) is 173 Å². The molecule has 238 valence electrons. The Kier molecular flexibility index (Phi) is 8.59. The Hall–Kier alpha value is -5.41. The van der Waals surface area contributed by atoms with E-state index in [4.69, 9.17) is 14.3 Å². The van der Waals surface area contributed by atoms with Crippen molar-refractivity contribution in [3.63, 3.8) is 0 Å². The molecule has 15 nitrogen and oxygen atoms in total. The first-order valence-corrected chi connectivity index (χ1v) is 14.6. The second kappa shape index (κ2) is 12.9. The summed E-state index contributed by atoms with van der Waals surface area (Å²) in [7, 11) is 3.17. The van der Waals surface area contributed by atoms with Crippen LogP contribution in [0.1, 0.15) is 50.9 Å². The van der Waals surface area contributed by atoms with Gasteiger partial charge in [0.2, 0.25) is 18.6 Å². The number of nitrogens with zero attached hydrogens (tertiary/aromatic N) is 5. The van der Waals surface area contributed by atoms with Crippen molar-refractivity contribution >= 4 is 35.2 Å².